The first-order chi connectivity index (χ1) is 12.5. The normalized spacial score (nSPS) is 20.0. The van der Waals surface area contributed by atoms with Crippen LogP contribution in [0.25, 0.3) is 10.9 Å². The van der Waals surface area contributed by atoms with Crippen molar-refractivity contribution in [2.24, 2.45) is 0 Å². The largest absolute Gasteiger partial charge is 0.363 e. The number of ether oxygens (including phenoxy) is 1. The number of fused-ring (bicyclic) bond motifs is 1. The number of hydrogen-bond donors (Lipinski definition) is 2. The molecule has 7 heteroatoms. The van der Waals surface area contributed by atoms with Crippen molar-refractivity contribution < 1.29 is 14.3 Å². The smallest absolute Gasteiger partial charge is 0.317 e. The Morgan fingerprint density at radius 2 is 2.08 bits per heavy atom. The van der Waals surface area contributed by atoms with Crippen molar-refractivity contribution in [1.29, 1.82) is 0 Å². The van der Waals surface area contributed by atoms with E-state index in [1.807, 2.05) is 36.2 Å². The van der Waals surface area contributed by atoms with Gasteiger partial charge in [0.2, 0.25) is 5.91 Å². The standard InChI is InChI=1S/C19H24N4O3/c1-22-13-19(26-12-17(22)24)6-8-23(9-7-19)18(25)20-11-15-10-14-4-2-3-5-16(14)21-15/h2-5,10,21H,6-9,11-13H2,1H3,(H,20,25). The number of nitrogens with zero attached hydrogens (tertiary/aromatic N) is 2. The number of hydrogen-bond acceptors (Lipinski definition) is 3. The maximum absolute atomic E-state index is 12.5. The second-order valence-electron chi connectivity index (χ2n) is 7.25. The molecule has 2 fully saturated rings. The van der Waals surface area contributed by atoms with Gasteiger partial charge >= 0.3 is 6.03 Å². The second kappa shape index (κ2) is 6.64. The number of nitrogens with one attached hydrogen (secondary N) is 2. The third-order valence-corrected chi connectivity index (χ3v) is 5.43. The van der Waals surface area contributed by atoms with Gasteiger partial charge in [-0.2, -0.15) is 0 Å². The van der Waals surface area contributed by atoms with Crippen LogP contribution in [0.5, 0.6) is 0 Å². The molecule has 4 rings (SSSR count). The molecular weight excluding hydrogens is 332 g/mol. The lowest BCUT2D eigenvalue weighted by Gasteiger charge is -2.46. The van der Waals surface area contributed by atoms with Crippen molar-refractivity contribution in [2.75, 3.05) is 33.3 Å². The van der Waals surface area contributed by atoms with E-state index in [0.29, 0.717) is 26.2 Å². The SMILES string of the molecule is CN1CC2(CCN(C(=O)NCc3cc4ccccc4[nH]3)CC2)OCC1=O. The van der Waals surface area contributed by atoms with Gasteiger partial charge in [0.05, 0.1) is 12.1 Å². The van der Waals surface area contributed by atoms with Crippen LogP contribution < -0.4 is 5.32 Å². The summed E-state index contributed by atoms with van der Waals surface area (Å²) in [6, 6.07) is 10.1. The highest BCUT2D eigenvalue weighted by atomic mass is 16.5. The van der Waals surface area contributed by atoms with Gasteiger partial charge in [-0.3, -0.25) is 4.79 Å². The molecule has 3 heterocycles. The molecule has 26 heavy (non-hydrogen) atoms. The summed E-state index contributed by atoms with van der Waals surface area (Å²) in [5.41, 5.74) is 1.77. The van der Waals surface area contributed by atoms with Crippen molar-refractivity contribution in [3.05, 3.63) is 36.0 Å². The predicted molar refractivity (Wildman–Crippen MR) is 97.7 cm³/mol. The highest BCUT2D eigenvalue weighted by Gasteiger charge is 2.41. The molecule has 0 bridgehead atoms. The Balaban J connectivity index is 1.30. The summed E-state index contributed by atoms with van der Waals surface area (Å²) in [6.45, 7) is 2.50. The fraction of sp³-hybridized carbons (Fsp3) is 0.474. The summed E-state index contributed by atoms with van der Waals surface area (Å²) in [5.74, 6) is 0.0223. The number of carbonyl (C=O) groups excluding carboxylic acids is 2. The number of morpholine rings is 1. The van der Waals surface area contributed by atoms with Gasteiger partial charge in [-0.1, -0.05) is 18.2 Å². The number of H-pyrrole nitrogens is 1. The summed E-state index contributed by atoms with van der Waals surface area (Å²) in [5, 5.41) is 4.13. The molecule has 138 valence electrons. The number of urea groups is 1. The third kappa shape index (κ3) is 3.26. The van der Waals surface area contributed by atoms with Crippen LogP contribution in [0.3, 0.4) is 0 Å². The van der Waals surface area contributed by atoms with Gasteiger partial charge in [-0.25, -0.2) is 4.79 Å². The van der Waals surface area contributed by atoms with E-state index in [1.54, 1.807) is 4.90 Å². The third-order valence-electron chi connectivity index (χ3n) is 5.43. The summed E-state index contributed by atoms with van der Waals surface area (Å²) in [7, 11) is 1.81. The van der Waals surface area contributed by atoms with Crippen molar-refractivity contribution in [1.82, 2.24) is 20.1 Å². The number of likely N-dealkylation sites (tertiary alicyclic amines) is 1. The lowest BCUT2D eigenvalue weighted by molar-refractivity contribution is -0.167. The van der Waals surface area contributed by atoms with Gasteiger partial charge in [0, 0.05) is 37.9 Å². The Morgan fingerprint density at radius 1 is 1.31 bits per heavy atom. The van der Waals surface area contributed by atoms with E-state index in [-0.39, 0.29) is 24.1 Å². The number of para-hydroxylation sites is 1. The van der Waals surface area contributed by atoms with E-state index in [2.05, 4.69) is 16.4 Å². The zero-order valence-electron chi connectivity index (χ0n) is 15.0. The van der Waals surface area contributed by atoms with Gasteiger partial charge in [-0.15, -0.1) is 0 Å². The molecule has 1 aromatic carbocycles. The van der Waals surface area contributed by atoms with Crippen molar-refractivity contribution in [3.8, 4) is 0 Å². The van der Waals surface area contributed by atoms with Gasteiger partial charge in [0.1, 0.15) is 6.61 Å². The van der Waals surface area contributed by atoms with E-state index in [0.717, 1.165) is 29.4 Å². The molecule has 0 atom stereocenters. The number of carbonyl (C=O) groups is 2. The molecule has 1 aromatic heterocycles. The molecule has 0 aliphatic carbocycles. The number of benzene rings is 1. The summed E-state index contributed by atoms with van der Waals surface area (Å²) in [4.78, 5) is 30.9. The molecule has 3 amide bonds. The fourth-order valence-electron chi connectivity index (χ4n) is 3.82. The summed E-state index contributed by atoms with van der Waals surface area (Å²) in [6.07, 6.45) is 1.51. The quantitative estimate of drug-likeness (QED) is 0.860. The van der Waals surface area contributed by atoms with Crippen LogP contribution in [-0.4, -0.2) is 65.6 Å². The zero-order valence-corrected chi connectivity index (χ0v) is 15.0. The summed E-state index contributed by atoms with van der Waals surface area (Å²) < 4.78 is 5.83. The minimum Gasteiger partial charge on any atom is -0.363 e. The van der Waals surface area contributed by atoms with Crippen LogP contribution in [0.2, 0.25) is 0 Å². The van der Waals surface area contributed by atoms with E-state index in [1.165, 1.54) is 0 Å². The Hall–Kier alpha value is -2.54. The van der Waals surface area contributed by atoms with Crippen molar-refractivity contribution in [3.63, 3.8) is 0 Å². The number of aromatic nitrogens is 1. The average Bonchev–Trinajstić information content (AvgIpc) is 3.07. The molecule has 7 nitrogen and oxygen atoms in total. The highest BCUT2D eigenvalue weighted by Crippen LogP contribution is 2.30. The molecule has 2 N–H and O–H groups in total. The van der Waals surface area contributed by atoms with Crippen molar-refractivity contribution >= 4 is 22.8 Å². The molecule has 0 radical (unpaired) electrons. The molecule has 1 spiro atoms. The molecule has 2 aliphatic heterocycles. The van der Waals surface area contributed by atoms with Crippen LogP contribution in [0.4, 0.5) is 4.79 Å². The Bertz CT molecular complexity index is 790. The van der Waals surface area contributed by atoms with Gasteiger partial charge in [0.15, 0.2) is 0 Å². The summed E-state index contributed by atoms with van der Waals surface area (Å²) >= 11 is 0. The van der Waals surface area contributed by atoms with Crippen LogP contribution >= 0.6 is 0 Å². The molecular formula is C19H24N4O3. The lowest BCUT2D eigenvalue weighted by atomic mass is 9.89. The minimum absolute atomic E-state index is 0.0223. The maximum atomic E-state index is 12.5. The van der Waals surface area contributed by atoms with Gasteiger partial charge in [-0.05, 0) is 30.4 Å². The molecule has 2 aromatic rings. The van der Waals surface area contributed by atoms with Crippen LogP contribution in [0, 0.1) is 0 Å². The first-order valence-electron chi connectivity index (χ1n) is 9.02. The van der Waals surface area contributed by atoms with E-state index >= 15 is 0 Å². The number of likely N-dealkylation sites (N-methyl/N-ethyl adjacent to an activating group) is 1. The monoisotopic (exact) mass is 356 g/mol. The number of aromatic amines is 1. The molecule has 0 unspecified atom stereocenters. The van der Waals surface area contributed by atoms with E-state index in [9.17, 15) is 9.59 Å². The number of piperidine rings is 1. The average molecular weight is 356 g/mol. The minimum atomic E-state index is -0.295. The van der Waals surface area contributed by atoms with E-state index < -0.39 is 0 Å². The maximum Gasteiger partial charge on any atom is 0.317 e. The lowest BCUT2D eigenvalue weighted by Crippen LogP contribution is -2.59. The van der Waals surface area contributed by atoms with Gasteiger partial charge in [0.25, 0.3) is 0 Å². The van der Waals surface area contributed by atoms with Gasteiger partial charge < -0.3 is 24.8 Å². The Morgan fingerprint density at radius 3 is 2.81 bits per heavy atom. The first-order valence-corrected chi connectivity index (χ1v) is 9.02. The van der Waals surface area contributed by atoms with Crippen LogP contribution in [-0.2, 0) is 16.1 Å². The number of amides is 3. The first kappa shape index (κ1) is 16.9. The molecule has 2 saturated heterocycles. The fourth-order valence-corrected chi connectivity index (χ4v) is 3.82. The zero-order chi connectivity index (χ0) is 18.1. The van der Waals surface area contributed by atoms with E-state index in [4.69, 9.17) is 4.74 Å². The highest BCUT2D eigenvalue weighted by molar-refractivity contribution is 5.80. The number of rotatable bonds is 2. The predicted octanol–water partition coefficient (Wildman–Crippen LogP) is 1.70. The Labute approximate surface area is 152 Å². The Kier molecular flexibility index (Phi) is 4.32. The van der Waals surface area contributed by atoms with Crippen LogP contribution in [0.1, 0.15) is 18.5 Å². The topological polar surface area (TPSA) is 77.7 Å². The molecule has 0 saturated carbocycles. The second-order valence-corrected chi connectivity index (χ2v) is 7.25. The van der Waals surface area contributed by atoms with Crippen molar-refractivity contribution in [2.45, 2.75) is 25.0 Å². The van der Waals surface area contributed by atoms with Crippen LogP contribution in [0.15, 0.2) is 30.3 Å². The molecule has 2 aliphatic rings.